The molecule has 1 aliphatic heterocycles. The summed E-state index contributed by atoms with van der Waals surface area (Å²) in [5.74, 6) is 2.44. The summed E-state index contributed by atoms with van der Waals surface area (Å²) in [4.78, 5) is 18.6. The second-order valence-electron chi connectivity index (χ2n) is 9.12. The van der Waals surface area contributed by atoms with Gasteiger partial charge in [0.05, 0.1) is 0 Å². The van der Waals surface area contributed by atoms with Crippen molar-refractivity contribution in [2.75, 3.05) is 33.3 Å². The number of amides is 1. The number of nitrogens with zero attached hydrogens (tertiary/aromatic N) is 2. The van der Waals surface area contributed by atoms with E-state index in [-0.39, 0.29) is 12.5 Å². The largest absolute Gasteiger partial charge is 0.484 e. The van der Waals surface area contributed by atoms with E-state index < -0.39 is 0 Å². The average Bonchev–Trinajstić information content (AvgIpc) is 3.67. The Balaban J connectivity index is 1.14. The minimum absolute atomic E-state index is 0.0405. The first kappa shape index (κ1) is 23.1. The molecule has 1 saturated heterocycles. The molecule has 2 aromatic carbocycles. The van der Waals surface area contributed by atoms with Gasteiger partial charge in [-0.2, -0.15) is 0 Å². The molecule has 1 amide bonds. The number of hydrogen-bond acceptors (Lipinski definition) is 3. The van der Waals surface area contributed by atoms with Gasteiger partial charge in [0.2, 0.25) is 0 Å². The van der Waals surface area contributed by atoms with Crippen LogP contribution in [-0.2, 0) is 17.6 Å². The number of piperidine rings is 1. The first-order chi connectivity index (χ1) is 16.2. The SMILES string of the molecule is CN=C(NCCc1ccc(OCC(=O)NC2CC2)cc1)N1CCC(Cc2ccccc2)CC1. The molecule has 0 unspecified atom stereocenters. The number of carbonyl (C=O) groups excluding carboxylic acids is 1. The lowest BCUT2D eigenvalue weighted by molar-refractivity contribution is -0.123. The number of aliphatic imine (C=N–C) groups is 1. The molecule has 1 heterocycles. The van der Waals surface area contributed by atoms with Crippen molar-refractivity contribution in [2.24, 2.45) is 10.9 Å². The van der Waals surface area contributed by atoms with Gasteiger partial charge in [0.15, 0.2) is 12.6 Å². The lowest BCUT2D eigenvalue weighted by Crippen LogP contribution is -2.46. The first-order valence-corrected chi connectivity index (χ1v) is 12.2. The number of ether oxygens (including phenoxy) is 1. The average molecular weight is 449 g/mol. The third-order valence-corrected chi connectivity index (χ3v) is 6.43. The second-order valence-corrected chi connectivity index (χ2v) is 9.12. The van der Waals surface area contributed by atoms with Crippen LogP contribution in [0.3, 0.4) is 0 Å². The summed E-state index contributed by atoms with van der Waals surface area (Å²) in [6, 6.07) is 19.2. The third-order valence-electron chi connectivity index (χ3n) is 6.43. The molecule has 6 heteroatoms. The summed E-state index contributed by atoms with van der Waals surface area (Å²) in [5.41, 5.74) is 2.67. The van der Waals surface area contributed by atoms with E-state index in [1.165, 1.54) is 30.4 Å². The van der Waals surface area contributed by atoms with Gasteiger partial charge in [0, 0.05) is 32.7 Å². The highest BCUT2D eigenvalue weighted by Crippen LogP contribution is 2.22. The van der Waals surface area contributed by atoms with Gasteiger partial charge in [0.1, 0.15) is 5.75 Å². The fourth-order valence-corrected chi connectivity index (χ4v) is 4.35. The molecule has 2 N–H and O–H groups in total. The molecule has 2 aromatic rings. The quantitative estimate of drug-likeness (QED) is 0.456. The van der Waals surface area contributed by atoms with E-state index in [9.17, 15) is 4.79 Å². The Morgan fingerprint density at radius 3 is 2.39 bits per heavy atom. The van der Waals surface area contributed by atoms with Crippen molar-refractivity contribution in [2.45, 2.75) is 44.6 Å². The van der Waals surface area contributed by atoms with Gasteiger partial charge in [-0.1, -0.05) is 42.5 Å². The molecule has 0 radical (unpaired) electrons. The lowest BCUT2D eigenvalue weighted by Gasteiger charge is -2.34. The van der Waals surface area contributed by atoms with Crippen LogP contribution in [0.4, 0.5) is 0 Å². The van der Waals surface area contributed by atoms with Crippen LogP contribution in [0.2, 0.25) is 0 Å². The number of guanidine groups is 1. The van der Waals surface area contributed by atoms with E-state index in [1.807, 2.05) is 19.2 Å². The summed E-state index contributed by atoms with van der Waals surface area (Å²) in [5, 5.41) is 6.45. The van der Waals surface area contributed by atoms with Crippen LogP contribution in [0.1, 0.15) is 36.8 Å². The maximum atomic E-state index is 11.7. The predicted octanol–water partition coefficient (Wildman–Crippen LogP) is 3.42. The number of benzene rings is 2. The Kier molecular flexibility index (Phi) is 8.23. The van der Waals surface area contributed by atoms with Gasteiger partial charge in [0.25, 0.3) is 5.91 Å². The van der Waals surface area contributed by atoms with Crippen molar-refractivity contribution in [1.29, 1.82) is 0 Å². The molecular formula is C27H36N4O2. The van der Waals surface area contributed by atoms with E-state index >= 15 is 0 Å². The zero-order valence-corrected chi connectivity index (χ0v) is 19.6. The zero-order valence-electron chi connectivity index (χ0n) is 19.6. The van der Waals surface area contributed by atoms with Crippen molar-refractivity contribution >= 4 is 11.9 Å². The van der Waals surface area contributed by atoms with Crippen LogP contribution >= 0.6 is 0 Å². The van der Waals surface area contributed by atoms with Crippen LogP contribution in [0.15, 0.2) is 59.6 Å². The van der Waals surface area contributed by atoms with Crippen LogP contribution in [-0.4, -0.2) is 56.1 Å². The van der Waals surface area contributed by atoms with Gasteiger partial charge >= 0.3 is 0 Å². The maximum Gasteiger partial charge on any atom is 0.258 e. The van der Waals surface area contributed by atoms with Crippen LogP contribution in [0, 0.1) is 5.92 Å². The highest BCUT2D eigenvalue weighted by Gasteiger charge is 2.23. The summed E-state index contributed by atoms with van der Waals surface area (Å²) in [6.07, 6.45) is 6.67. The molecule has 33 heavy (non-hydrogen) atoms. The number of rotatable bonds is 9. The maximum absolute atomic E-state index is 11.7. The van der Waals surface area contributed by atoms with E-state index in [0.717, 1.165) is 56.5 Å². The summed E-state index contributed by atoms with van der Waals surface area (Å²) >= 11 is 0. The second kappa shape index (κ2) is 11.7. The predicted molar refractivity (Wildman–Crippen MR) is 133 cm³/mol. The molecule has 4 rings (SSSR count). The van der Waals surface area contributed by atoms with Crippen LogP contribution in [0.25, 0.3) is 0 Å². The van der Waals surface area contributed by atoms with Gasteiger partial charge < -0.3 is 20.3 Å². The highest BCUT2D eigenvalue weighted by atomic mass is 16.5. The number of likely N-dealkylation sites (tertiary alicyclic amines) is 1. The summed E-state index contributed by atoms with van der Waals surface area (Å²) < 4.78 is 5.58. The number of nitrogens with one attached hydrogen (secondary N) is 2. The Bertz CT molecular complexity index is 901. The molecule has 6 nitrogen and oxygen atoms in total. The molecule has 0 aromatic heterocycles. The van der Waals surface area contributed by atoms with Gasteiger partial charge in [-0.15, -0.1) is 0 Å². The Morgan fingerprint density at radius 2 is 1.73 bits per heavy atom. The Hall–Kier alpha value is -3.02. The molecule has 0 bridgehead atoms. The van der Waals surface area contributed by atoms with Crippen LogP contribution in [0.5, 0.6) is 5.75 Å². The molecule has 2 aliphatic rings. The molecule has 176 valence electrons. The van der Waals surface area contributed by atoms with Crippen molar-refractivity contribution in [3.8, 4) is 5.75 Å². The van der Waals surface area contributed by atoms with Crippen molar-refractivity contribution in [3.05, 3.63) is 65.7 Å². The molecule has 0 atom stereocenters. The number of carbonyl (C=O) groups is 1. The topological polar surface area (TPSA) is 66.0 Å². The molecule has 2 fully saturated rings. The number of hydrogen-bond donors (Lipinski definition) is 2. The monoisotopic (exact) mass is 448 g/mol. The lowest BCUT2D eigenvalue weighted by atomic mass is 9.90. The van der Waals surface area contributed by atoms with Crippen LogP contribution < -0.4 is 15.4 Å². The van der Waals surface area contributed by atoms with E-state index in [0.29, 0.717) is 6.04 Å². The van der Waals surface area contributed by atoms with Gasteiger partial charge in [-0.25, -0.2) is 0 Å². The fourth-order valence-electron chi connectivity index (χ4n) is 4.35. The first-order valence-electron chi connectivity index (χ1n) is 12.2. The highest BCUT2D eigenvalue weighted by molar-refractivity contribution is 5.80. The normalized spacial score (nSPS) is 17.0. The zero-order chi connectivity index (χ0) is 22.9. The Morgan fingerprint density at radius 1 is 1.00 bits per heavy atom. The van der Waals surface area contributed by atoms with Crippen molar-refractivity contribution < 1.29 is 9.53 Å². The van der Waals surface area contributed by atoms with E-state index in [2.05, 4.69) is 63.0 Å². The smallest absolute Gasteiger partial charge is 0.258 e. The Labute approximate surface area is 197 Å². The van der Waals surface area contributed by atoms with E-state index in [1.54, 1.807) is 0 Å². The van der Waals surface area contributed by atoms with Crippen molar-refractivity contribution in [3.63, 3.8) is 0 Å². The van der Waals surface area contributed by atoms with Crippen molar-refractivity contribution in [1.82, 2.24) is 15.5 Å². The fraction of sp³-hybridized carbons (Fsp3) is 0.481. The standard InChI is InChI=1S/C27H36N4O2/c1-28-27(31-17-14-23(15-18-31)19-22-5-3-2-4-6-22)29-16-13-21-7-11-25(12-8-21)33-20-26(32)30-24-9-10-24/h2-8,11-12,23-24H,9-10,13-20H2,1H3,(H,28,29)(H,30,32). The minimum atomic E-state index is -0.0405. The minimum Gasteiger partial charge on any atom is -0.484 e. The molecule has 0 spiro atoms. The third kappa shape index (κ3) is 7.52. The molecule has 1 aliphatic carbocycles. The van der Waals surface area contributed by atoms with Gasteiger partial charge in [-0.05, 0) is 67.7 Å². The van der Waals surface area contributed by atoms with E-state index in [4.69, 9.17) is 4.74 Å². The summed E-state index contributed by atoms with van der Waals surface area (Å²) in [7, 11) is 1.86. The molecular weight excluding hydrogens is 412 g/mol. The molecule has 1 saturated carbocycles. The van der Waals surface area contributed by atoms with Gasteiger partial charge in [-0.3, -0.25) is 9.79 Å². The summed E-state index contributed by atoms with van der Waals surface area (Å²) in [6.45, 7) is 3.02.